The van der Waals surface area contributed by atoms with E-state index in [1.165, 1.54) is 0 Å². The topological polar surface area (TPSA) is 54.6 Å². The minimum Gasteiger partial charge on any atom is -0.476 e. The number of aryl methyl sites for hydroxylation is 1. The van der Waals surface area contributed by atoms with Crippen molar-refractivity contribution in [3.8, 4) is 11.4 Å². The summed E-state index contributed by atoms with van der Waals surface area (Å²) < 4.78 is 1.77. The molecule has 0 fully saturated rings. The second-order valence-corrected chi connectivity index (χ2v) is 5.00. The molecule has 0 amide bonds. The number of pyridine rings is 1. The molecule has 0 unspecified atom stereocenters. The zero-order valence-electron chi connectivity index (χ0n) is 10.7. The fourth-order valence-electron chi connectivity index (χ4n) is 2.18. The normalized spacial score (nSPS) is 10.9. The summed E-state index contributed by atoms with van der Waals surface area (Å²) in [7, 11) is 0. The van der Waals surface area contributed by atoms with Gasteiger partial charge in [0.2, 0.25) is 0 Å². The Hall–Kier alpha value is -2.33. The Labute approximate surface area is 120 Å². The standard InChI is InChI=1S/C15H11ClN2O2/c1-9-5-6-18-12(7-9)13(15(19)20)17-14(18)10-3-2-4-11(16)8-10/h2-8H,1H3,(H,19,20). The van der Waals surface area contributed by atoms with Gasteiger partial charge in [-0.05, 0) is 36.8 Å². The molecule has 20 heavy (non-hydrogen) atoms. The van der Waals surface area contributed by atoms with Crippen LogP contribution in [0, 0.1) is 6.92 Å². The summed E-state index contributed by atoms with van der Waals surface area (Å²) in [6.07, 6.45) is 1.82. The van der Waals surface area contributed by atoms with Crippen LogP contribution in [0.2, 0.25) is 5.02 Å². The van der Waals surface area contributed by atoms with Crippen LogP contribution in [0.1, 0.15) is 16.1 Å². The molecular weight excluding hydrogens is 276 g/mol. The lowest BCUT2D eigenvalue weighted by molar-refractivity contribution is 0.0693. The lowest BCUT2D eigenvalue weighted by Crippen LogP contribution is -1.97. The van der Waals surface area contributed by atoms with Crippen LogP contribution >= 0.6 is 11.6 Å². The van der Waals surface area contributed by atoms with Gasteiger partial charge in [-0.3, -0.25) is 4.40 Å². The van der Waals surface area contributed by atoms with Crippen molar-refractivity contribution in [1.29, 1.82) is 0 Å². The Balaban J connectivity index is 2.34. The van der Waals surface area contributed by atoms with Crippen molar-refractivity contribution in [2.45, 2.75) is 6.92 Å². The summed E-state index contributed by atoms with van der Waals surface area (Å²) in [5.41, 5.74) is 2.39. The molecule has 100 valence electrons. The summed E-state index contributed by atoms with van der Waals surface area (Å²) in [4.78, 5) is 15.6. The third kappa shape index (κ3) is 2.04. The molecule has 0 atom stereocenters. The van der Waals surface area contributed by atoms with Gasteiger partial charge in [0.1, 0.15) is 5.82 Å². The molecule has 0 spiro atoms. The van der Waals surface area contributed by atoms with Crippen LogP contribution in [0.4, 0.5) is 0 Å². The van der Waals surface area contributed by atoms with Crippen molar-refractivity contribution in [2.24, 2.45) is 0 Å². The third-order valence-electron chi connectivity index (χ3n) is 3.08. The van der Waals surface area contributed by atoms with Gasteiger partial charge in [0.15, 0.2) is 5.69 Å². The van der Waals surface area contributed by atoms with E-state index < -0.39 is 5.97 Å². The summed E-state index contributed by atoms with van der Waals surface area (Å²) in [6.45, 7) is 1.91. The zero-order chi connectivity index (χ0) is 14.3. The largest absolute Gasteiger partial charge is 0.476 e. The van der Waals surface area contributed by atoms with E-state index in [1.54, 1.807) is 16.5 Å². The number of aromatic nitrogens is 2. The minimum atomic E-state index is -1.04. The monoisotopic (exact) mass is 286 g/mol. The van der Waals surface area contributed by atoms with Crippen molar-refractivity contribution in [1.82, 2.24) is 9.38 Å². The van der Waals surface area contributed by atoms with Crippen LogP contribution < -0.4 is 0 Å². The van der Waals surface area contributed by atoms with Gasteiger partial charge >= 0.3 is 5.97 Å². The number of imidazole rings is 1. The maximum absolute atomic E-state index is 11.3. The predicted octanol–water partition coefficient (Wildman–Crippen LogP) is 3.66. The molecule has 3 aromatic rings. The average molecular weight is 287 g/mol. The van der Waals surface area contributed by atoms with E-state index in [9.17, 15) is 9.90 Å². The molecule has 1 aromatic carbocycles. The number of nitrogens with zero attached hydrogens (tertiary/aromatic N) is 2. The number of rotatable bonds is 2. The molecule has 0 saturated heterocycles. The first kappa shape index (κ1) is 12.7. The highest BCUT2D eigenvalue weighted by Crippen LogP contribution is 2.25. The maximum Gasteiger partial charge on any atom is 0.356 e. The maximum atomic E-state index is 11.3. The van der Waals surface area contributed by atoms with Crippen molar-refractivity contribution < 1.29 is 9.90 Å². The first-order valence-electron chi connectivity index (χ1n) is 6.04. The molecular formula is C15H11ClN2O2. The molecule has 0 bridgehead atoms. The molecule has 0 saturated carbocycles. The number of carboxylic acids is 1. The summed E-state index contributed by atoms with van der Waals surface area (Å²) in [5, 5.41) is 9.87. The predicted molar refractivity (Wildman–Crippen MR) is 77.3 cm³/mol. The number of carboxylic acid groups (broad SMARTS) is 1. The molecule has 4 nitrogen and oxygen atoms in total. The van der Waals surface area contributed by atoms with Gasteiger partial charge in [0.25, 0.3) is 0 Å². The highest BCUT2D eigenvalue weighted by atomic mass is 35.5. The highest BCUT2D eigenvalue weighted by molar-refractivity contribution is 6.30. The van der Waals surface area contributed by atoms with Gasteiger partial charge in [0, 0.05) is 16.8 Å². The van der Waals surface area contributed by atoms with Crippen LogP contribution in [0.25, 0.3) is 16.9 Å². The van der Waals surface area contributed by atoms with E-state index >= 15 is 0 Å². The first-order valence-corrected chi connectivity index (χ1v) is 6.42. The fraction of sp³-hybridized carbons (Fsp3) is 0.0667. The molecule has 0 aliphatic heterocycles. The summed E-state index contributed by atoms with van der Waals surface area (Å²) in [6, 6.07) is 10.9. The SMILES string of the molecule is Cc1ccn2c(-c3cccc(Cl)c3)nc(C(=O)O)c2c1. The van der Waals surface area contributed by atoms with E-state index in [-0.39, 0.29) is 5.69 Å². The molecule has 1 N–H and O–H groups in total. The Bertz CT molecular complexity index is 824. The van der Waals surface area contributed by atoms with Gasteiger partial charge in [-0.25, -0.2) is 9.78 Å². The number of halogens is 1. The Morgan fingerprint density at radius 1 is 1.30 bits per heavy atom. The van der Waals surface area contributed by atoms with E-state index in [1.807, 2.05) is 37.4 Å². The van der Waals surface area contributed by atoms with E-state index in [0.29, 0.717) is 16.4 Å². The Morgan fingerprint density at radius 2 is 2.10 bits per heavy atom. The second kappa shape index (κ2) is 4.65. The van der Waals surface area contributed by atoms with Gasteiger partial charge in [-0.2, -0.15) is 0 Å². The quantitative estimate of drug-likeness (QED) is 0.782. The number of fused-ring (bicyclic) bond motifs is 1. The Kier molecular flexibility index (Phi) is 2.95. The average Bonchev–Trinajstić information content (AvgIpc) is 2.77. The first-order chi connectivity index (χ1) is 9.56. The van der Waals surface area contributed by atoms with Crippen molar-refractivity contribution in [2.75, 3.05) is 0 Å². The van der Waals surface area contributed by atoms with E-state index in [0.717, 1.165) is 11.1 Å². The van der Waals surface area contributed by atoms with Crippen molar-refractivity contribution in [3.63, 3.8) is 0 Å². The number of hydrogen-bond donors (Lipinski definition) is 1. The highest BCUT2D eigenvalue weighted by Gasteiger charge is 2.17. The third-order valence-corrected chi connectivity index (χ3v) is 3.32. The van der Waals surface area contributed by atoms with Crippen LogP contribution in [0.5, 0.6) is 0 Å². The summed E-state index contributed by atoms with van der Waals surface area (Å²) >= 11 is 5.99. The van der Waals surface area contributed by atoms with E-state index in [2.05, 4.69) is 4.98 Å². The number of carbonyl (C=O) groups is 1. The number of hydrogen-bond acceptors (Lipinski definition) is 2. The number of aromatic carboxylic acids is 1. The van der Waals surface area contributed by atoms with Gasteiger partial charge < -0.3 is 5.11 Å². The van der Waals surface area contributed by atoms with E-state index in [4.69, 9.17) is 11.6 Å². The number of benzene rings is 1. The Morgan fingerprint density at radius 3 is 2.80 bits per heavy atom. The molecule has 0 aliphatic carbocycles. The van der Waals surface area contributed by atoms with Gasteiger partial charge in [-0.1, -0.05) is 23.7 Å². The molecule has 5 heteroatoms. The van der Waals surface area contributed by atoms with Crippen LogP contribution in [0.15, 0.2) is 42.6 Å². The van der Waals surface area contributed by atoms with Crippen LogP contribution in [-0.4, -0.2) is 20.5 Å². The molecule has 2 heterocycles. The van der Waals surface area contributed by atoms with Crippen molar-refractivity contribution in [3.05, 3.63) is 58.9 Å². The van der Waals surface area contributed by atoms with Gasteiger partial charge in [0.05, 0.1) is 5.52 Å². The molecule has 0 radical (unpaired) electrons. The molecule has 2 aromatic heterocycles. The lowest BCUT2D eigenvalue weighted by atomic mass is 10.2. The second-order valence-electron chi connectivity index (χ2n) is 4.56. The fourth-order valence-corrected chi connectivity index (χ4v) is 2.37. The van der Waals surface area contributed by atoms with Crippen molar-refractivity contribution >= 4 is 23.1 Å². The lowest BCUT2D eigenvalue weighted by Gasteiger charge is -2.02. The molecule has 3 rings (SSSR count). The van der Waals surface area contributed by atoms with Crippen LogP contribution in [-0.2, 0) is 0 Å². The van der Waals surface area contributed by atoms with Gasteiger partial charge in [-0.15, -0.1) is 0 Å². The summed E-state index contributed by atoms with van der Waals surface area (Å²) in [5.74, 6) is -0.471. The van der Waals surface area contributed by atoms with Crippen LogP contribution in [0.3, 0.4) is 0 Å². The zero-order valence-corrected chi connectivity index (χ0v) is 11.4. The smallest absolute Gasteiger partial charge is 0.356 e. The minimum absolute atomic E-state index is 0.0451. The molecule has 0 aliphatic rings.